The number of rotatable bonds is 1. The minimum atomic E-state index is -0.915. The number of quaternary nitrogens is 1. The zero-order valence-electron chi connectivity index (χ0n) is 7.55. The van der Waals surface area contributed by atoms with Gasteiger partial charge in [0.15, 0.2) is 0 Å². The van der Waals surface area contributed by atoms with E-state index in [9.17, 15) is 10.3 Å². The van der Waals surface area contributed by atoms with Crippen molar-refractivity contribution in [3.63, 3.8) is 0 Å². The first kappa shape index (κ1) is 10.7. The van der Waals surface area contributed by atoms with Crippen LogP contribution in [0.25, 0.3) is 0 Å². The summed E-state index contributed by atoms with van der Waals surface area (Å²) < 4.78 is 0.233. The van der Waals surface area contributed by atoms with Crippen molar-refractivity contribution in [2.75, 3.05) is 20.3 Å². The van der Waals surface area contributed by atoms with Crippen LogP contribution in [0.3, 0.4) is 0 Å². The van der Waals surface area contributed by atoms with E-state index in [0.717, 1.165) is 2.88 Å². The molecule has 1 aromatic rings. The Hall–Kier alpha value is 0.200. The van der Waals surface area contributed by atoms with E-state index in [-0.39, 0.29) is 6.67 Å². The molecule has 1 fully saturated rings. The van der Waals surface area contributed by atoms with Gasteiger partial charge in [0.05, 0.1) is 15.6 Å². The van der Waals surface area contributed by atoms with Gasteiger partial charge in [0.25, 0.3) is 5.13 Å². The van der Waals surface area contributed by atoms with E-state index < -0.39 is 10.9 Å². The fourth-order valence-corrected chi connectivity index (χ4v) is 2.98. The lowest BCUT2D eigenvalue weighted by atomic mass is 10.5. The van der Waals surface area contributed by atoms with Crippen LogP contribution >= 0.6 is 33.9 Å². The molecule has 0 bridgehead atoms. The summed E-state index contributed by atoms with van der Waals surface area (Å²) in [7, 11) is 1.82. The number of hydroxylamine groups is 2. The van der Waals surface area contributed by atoms with E-state index in [2.05, 4.69) is 27.6 Å². The number of thiazole rings is 1. The van der Waals surface area contributed by atoms with E-state index in [4.69, 9.17) is 0 Å². The Morgan fingerprint density at radius 1 is 1.86 bits per heavy atom. The predicted octanol–water partition coefficient (Wildman–Crippen LogP) is 0.774. The fourth-order valence-electron chi connectivity index (χ4n) is 1.53. The molecule has 0 aliphatic carbocycles. The third-order valence-electron chi connectivity index (χ3n) is 2.20. The lowest BCUT2D eigenvalue weighted by Crippen LogP contribution is -2.48. The van der Waals surface area contributed by atoms with Gasteiger partial charge in [-0.15, -0.1) is 0 Å². The van der Waals surface area contributed by atoms with Crippen molar-refractivity contribution in [1.29, 1.82) is 0 Å². The molecular weight excluding hydrogens is 317 g/mol. The Kier molecular flexibility index (Phi) is 2.79. The first-order valence-electron chi connectivity index (χ1n) is 4.09. The maximum absolute atomic E-state index is 12.2. The summed E-state index contributed by atoms with van der Waals surface area (Å²) >= 11 is 3.46. The highest BCUT2D eigenvalue weighted by molar-refractivity contribution is 14.1. The summed E-state index contributed by atoms with van der Waals surface area (Å²) in [5.74, 6) is 0. The van der Waals surface area contributed by atoms with Crippen LogP contribution in [0.4, 0.5) is 5.13 Å². The van der Waals surface area contributed by atoms with Crippen LogP contribution in [0.1, 0.15) is 0 Å². The van der Waals surface area contributed by atoms with Gasteiger partial charge in [-0.2, -0.15) is 4.98 Å². The van der Waals surface area contributed by atoms with E-state index in [1.807, 2.05) is 11.9 Å². The number of aliphatic hydroxyl groups is 1. The second-order valence-electron chi connectivity index (χ2n) is 3.40. The van der Waals surface area contributed by atoms with Crippen molar-refractivity contribution in [3.05, 3.63) is 14.3 Å². The van der Waals surface area contributed by atoms with Crippen LogP contribution < -0.4 is 4.65 Å². The Labute approximate surface area is 99.3 Å². The molecule has 0 amide bonds. The first-order chi connectivity index (χ1) is 6.52. The number of likely N-dealkylation sites (N-methyl/N-ethyl adjacent to an activating group) is 1. The monoisotopic (exact) mass is 327 g/mol. The number of hydrogen-bond donors (Lipinski definition) is 1. The lowest BCUT2D eigenvalue weighted by Gasteiger charge is -2.36. The molecule has 1 aromatic heterocycles. The van der Waals surface area contributed by atoms with Gasteiger partial charge in [-0.1, -0.05) is 0 Å². The molecule has 0 spiro atoms. The molecule has 2 unspecified atom stereocenters. The average Bonchev–Trinajstić information content (AvgIpc) is 2.59. The topological polar surface area (TPSA) is 59.4 Å². The van der Waals surface area contributed by atoms with E-state index >= 15 is 0 Å². The molecule has 1 N–H and O–H groups in total. The molecule has 1 aliphatic rings. The van der Waals surface area contributed by atoms with Gasteiger partial charge in [-0.05, 0) is 41.0 Å². The van der Waals surface area contributed by atoms with Gasteiger partial charge in [0, 0.05) is 0 Å². The summed E-state index contributed by atoms with van der Waals surface area (Å²) in [5, 5.41) is 22.3. The summed E-state index contributed by atoms with van der Waals surface area (Å²) in [6.07, 6.45) is 0.741. The van der Waals surface area contributed by atoms with Gasteiger partial charge >= 0.3 is 0 Å². The second-order valence-corrected chi connectivity index (χ2v) is 6.31. The maximum Gasteiger partial charge on any atom is 0.290 e. The summed E-state index contributed by atoms with van der Waals surface area (Å²) in [6, 6.07) is 0. The molecule has 0 radical (unpaired) electrons. The van der Waals surface area contributed by atoms with E-state index in [0.29, 0.717) is 11.7 Å². The second kappa shape index (κ2) is 3.65. The molecule has 78 valence electrons. The van der Waals surface area contributed by atoms with Gasteiger partial charge < -0.3 is 10.3 Å². The van der Waals surface area contributed by atoms with Crippen molar-refractivity contribution in [1.82, 2.24) is 14.5 Å². The average molecular weight is 327 g/mol. The Balaban J connectivity index is 2.32. The van der Waals surface area contributed by atoms with Gasteiger partial charge in [0.2, 0.25) is 6.23 Å². The SMILES string of the molecule is CN1CC(O)[N+]([O-])(c2ncc(I)s2)C1. The Morgan fingerprint density at radius 2 is 2.57 bits per heavy atom. The minimum Gasteiger partial charge on any atom is -0.623 e. The fraction of sp³-hybridized carbons (Fsp3) is 0.571. The zero-order chi connectivity index (χ0) is 10.3. The number of halogens is 1. The molecule has 2 atom stereocenters. The molecule has 2 rings (SSSR count). The van der Waals surface area contributed by atoms with Crippen LogP contribution in [0.15, 0.2) is 6.20 Å². The summed E-state index contributed by atoms with van der Waals surface area (Å²) in [6.45, 7) is 0.671. The predicted molar refractivity (Wildman–Crippen MR) is 63.5 cm³/mol. The van der Waals surface area contributed by atoms with Crippen molar-refractivity contribution in [2.24, 2.45) is 0 Å². The van der Waals surface area contributed by atoms with Crippen LogP contribution in [0.5, 0.6) is 0 Å². The molecule has 1 aliphatic heterocycles. The van der Waals surface area contributed by atoms with E-state index in [1.54, 1.807) is 6.20 Å². The summed E-state index contributed by atoms with van der Waals surface area (Å²) in [4.78, 5) is 5.85. The molecule has 1 saturated heterocycles. The van der Waals surface area contributed by atoms with Crippen molar-refractivity contribution in [3.8, 4) is 0 Å². The highest BCUT2D eigenvalue weighted by Gasteiger charge is 2.40. The normalized spacial score (nSPS) is 33.9. The molecule has 2 heterocycles. The Morgan fingerprint density at radius 3 is 3.00 bits per heavy atom. The maximum atomic E-state index is 12.2. The van der Waals surface area contributed by atoms with Crippen molar-refractivity contribution >= 4 is 39.1 Å². The first-order valence-corrected chi connectivity index (χ1v) is 5.99. The minimum absolute atomic E-state index is 0.269. The number of aliphatic hydroxyl groups excluding tert-OH is 1. The standard InChI is InChI=1S/C7H10IN3O2S/c1-10-3-6(12)11(13,4-10)7-9-2-5(8)14-7/h2,6,12H,3-4H2,1H3. The smallest absolute Gasteiger partial charge is 0.290 e. The summed E-state index contributed by atoms with van der Waals surface area (Å²) in [5.41, 5.74) is 0. The molecule has 0 aromatic carbocycles. The number of nitrogens with zero attached hydrogens (tertiary/aromatic N) is 3. The lowest BCUT2D eigenvalue weighted by molar-refractivity contribution is 0.0848. The largest absolute Gasteiger partial charge is 0.623 e. The van der Waals surface area contributed by atoms with Crippen molar-refractivity contribution in [2.45, 2.75) is 6.23 Å². The zero-order valence-corrected chi connectivity index (χ0v) is 10.5. The molecule has 7 heteroatoms. The van der Waals surface area contributed by atoms with Crippen LogP contribution in [0, 0.1) is 8.09 Å². The van der Waals surface area contributed by atoms with E-state index in [1.165, 1.54) is 11.3 Å². The molecule has 5 nitrogen and oxygen atoms in total. The molecule has 14 heavy (non-hydrogen) atoms. The van der Waals surface area contributed by atoms with Crippen LogP contribution in [-0.2, 0) is 0 Å². The van der Waals surface area contributed by atoms with Crippen LogP contribution in [0.2, 0.25) is 0 Å². The number of aromatic nitrogens is 1. The third kappa shape index (κ3) is 1.68. The third-order valence-corrected chi connectivity index (χ3v) is 4.03. The van der Waals surface area contributed by atoms with Crippen LogP contribution in [-0.4, -0.2) is 41.5 Å². The van der Waals surface area contributed by atoms with Gasteiger partial charge in [-0.3, -0.25) is 9.55 Å². The van der Waals surface area contributed by atoms with Gasteiger partial charge in [-0.25, -0.2) is 0 Å². The Bertz CT molecular complexity index is 347. The number of hydrogen-bond acceptors (Lipinski definition) is 5. The van der Waals surface area contributed by atoms with Crippen molar-refractivity contribution < 1.29 is 5.11 Å². The highest BCUT2D eigenvalue weighted by atomic mass is 127. The highest BCUT2D eigenvalue weighted by Crippen LogP contribution is 2.33. The van der Waals surface area contributed by atoms with Gasteiger partial charge in [0.1, 0.15) is 6.67 Å². The quantitative estimate of drug-likeness (QED) is 0.470. The molecular formula is C7H10IN3O2S. The molecule has 0 saturated carbocycles. The number of β-amino-alcohol motifs (C(OH)–C–C–N with tert-alkyl or cyclic N) is 1.